The number of hydrogen-bond donors (Lipinski definition) is 2. The van der Waals surface area contributed by atoms with E-state index in [1.165, 1.54) is 18.4 Å². The van der Waals surface area contributed by atoms with Crippen molar-refractivity contribution in [2.45, 2.75) is 32.7 Å². The van der Waals surface area contributed by atoms with Gasteiger partial charge in [-0.3, -0.25) is 4.79 Å². The van der Waals surface area contributed by atoms with E-state index in [-0.39, 0.29) is 5.91 Å². The Morgan fingerprint density at radius 3 is 2.71 bits per heavy atom. The highest BCUT2D eigenvalue weighted by molar-refractivity contribution is 9.10. The summed E-state index contributed by atoms with van der Waals surface area (Å²) in [6.45, 7) is 4.43. The molecule has 0 spiro atoms. The number of carbonyl (C=O) groups excluding carboxylic acids is 1. The molecule has 4 heteroatoms. The van der Waals surface area contributed by atoms with Crippen molar-refractivity contribution in [2.75, 3.05) is 11.9 Å². The predicted molar refractivity (Wildman–Crippen MR) is 73.3 cm³/mol. The van der Waals surface area contributed by atoms with Gasteiger partial charge >= 0.3 is 0 Å². The van der Waals surface area contributed by atoms with Gasteiger partial charge < -0.3 is 10.6 Å². The number of rotatable bonds is 4. The summed E-state index contributed by atoms with van der Waals surface area (Å²) in [5.74, 6) is 0.0181. The van der Waals surface area contributed by atoms with Crippen molar-refractivity contribution in [2.24, 2.45) is 0 Å². The first kappa shape index (κ1) is 12.6. The van der Waals surface area contributed by atoms with Gasteiger partial charge in [-0.15, -0.1) is 0 Å². The summed E-state index contributed by atoms with van der Waals surface area (Å²) >= 11 is 3.48. The first-order chi connectivity index (χ1) is 8.06. The number of carbonyl (C=O) groups is 1. The van der Waals surface area contributed by atoms with E-state index in [4.69, 9.17) is 0 Å². The van der Waals surface area contributed by atoms with Crippen LogP contribution in [0.25, 0.3) is 0 Å². The summed E-state index contributed by atoms with van der Waals surface area (Å²) < 4.78 is 0.940. The van der Waals surface area contributed by atoms with Crippen LogP contribution in [0.15, 0.2) is 16.6 Å². The summed E-state index contributed by atoms with van der Waals surface area (Å²) in [6.07, 6.45) is 2.39. The van der Waals surface area contributed by atoms with Crippen LogP contribution in [0, 0.1) is 13.8 Å². The van der Waals surface area contributed by atoms with Crippen molar-refractivity contribution in [1.82, 2.24) is 5.32 Å². The molecule has 0 aromatic heterocycles. The fourth-order valence-electron chi connectivity index (χ4n) is 1.78. The molecule has 92 valence electrons. The molecule has 3 nitrogen and oxygen atoms in total. The van der Waals surface area contributed by atoms with E-state index in [1.807, 2.05) is 19.9 Å². The maximum Gasteiger partial charge on any atom is 0.238 e. The molecule has 0 radical (unpaired) electrons. The third-order valence-electron chi connectivity index (χ3n) is 2.82. The number of benzene rings is 1. The van der Waals surface area contributed by atoms with Crippen LogP contribution in [0.5, 0.6) is 0 Å². The molecular formula is C13H17BrN2O. The largest absolute Gasteiger partial charge is 0.324 e. The number of hydrogen-bond acceptors (Lipinski definition) is 2. The highest BCUT2D eigenvalue weighted by Crippen LogP contribution is 2.27. The molecule has 1 saturated carbocycles. The van der Waals surface area contributed by atoms with E-state index in [2.05, 4.69) is 32.6 Å². The van der Waals surface area contributed by atoms with Crippen LogP contribution < -0.4 is 10.6 Å². The summed E-state index contributed by atoms with van der Waals surface area (Å²) in [4.78, 5) is 11.7. The Hall–Kier alpha value is -0.870. The third-order valence-corrected chi connectivity index (χ3v) is 3.45. The molecule has 0 bridgehead atoms. The van der Waals surface area contributed by atoms with Gasteiger partial charge in [0.05, 0.1) is 12.2 Å². The lowest BCUT2D eigenvalue weighted by Crippen LogP contribution is -2.29. The Labute approximate surface area is 110 Å². The predicted octanol–water partition coefficient (Wildman–Crippen LogP) is 2.76. The topological polar surface area (TPSA) is 41.1 Å². The van der Waals surface area contributed by atoms with E-state index in [0.717, 1.165) is 15.7 Å². The second-order valence-corrected chi connectivity index (χ2v) is 5.50. The Kier molecular flexibility index (Phi) is 3.84. The van der Waals surface area contributed by atoms with Gasteiger partial charge in [-0.25, -0.2) is 0 Å². The highest BCUT2D eigenvalue weighted by atomic mass is 79.9. The van der Waals surface area contributed by atoms with Crippen LogP contribution in [0.4, 0.5) is 5.69 Å². The monoisotopic (exact) mass is 296 g/mol. The third kappa shape index (κ3) is 3.54. The Bertz CT molecular complexity index is 418. The number of amides is 1. The van der Waals surface area contributed by atoms with Crippen LogP contribution in [0.3, 0.4) is 0 Å². The molecular weight excluding hydrogens is 280 g/mol. The van der Waals surface area contributed by atoms with Crippen LogP contribution in [0.1, 0.15) is 24.0 Å². The molecule has 0 atom stereocenters. The van der Waals surface area contributed by atoms with E-state index in [9.17, 15) is 4.79 Å². The smallest absolute Gasteiger partial charge is 0.238 e. The molecule has 1 aromatic rings. The van der Waals surface area contributed by atoms with E-state index >= 15 is 0 Å². The number of nitrogens with one attached hydrogen (secondary N) is 2. The SMILES string of the molecule is Cc1cc(C)c(NC(=O)CNC2CC2)c(Br)c1. The van der Waals surface area contributed by atoms with Gasteiger partial charge in [0.1, 0.15) is 0 Å². The lowest BCUT2D eigenvalue weighted by atomic mass is 10.1. The van der Waals surface area contributed by atoms with Gasteiger partial charge in [0, 0.05) is 10.5 Å². The molecule has 17 heavy (non-hydrogen) atoms. The van der Waals surface area contributed by atoms with Crippen molar-refractivity contribution in [3.05, 3.63) is 27.7 Å². The molecule has 1 aromatic carbocycles. The summed E-state index contributed by atoms with van der Waals surface area (Å²) in [5.41, 5.74) is 3.14. The van der Waals surface area contributed by atoms with E-state index in [0.29, 0.717) is 12.6 Å². The van der Waals surface area contributed by atoms with Crippen LogP contribution in [0.2, 0.25) is 0 Å². The van der Waals surface area contributed by atoms with Crippen molar-refractivity contribution in [3.8, 4) is 0 Å². The van der Waals surface area contributed by atoms with Crippen molar-refractivity contribution in [3.63, 3.8) is 0 Å². The van der Waals surface area contributed by atoms with Crippen LogP contribution in [-0.2, 0) is 4.79 Å². The fourth-order valence-corrected chi connectivity index (χ4v) is 2.56. The van der Waals surface area contributed by atoms with E-state index in [1.54, 1.807) is 0 Å². The zero-order valence-electron chi connectivity index (χ0n) is 10.1. The van der Waals surface area contributed by atoms with Crippen molar-refractivity contribution >= 4 is 27.5 Å². The summed E-state index contributed by atoms with van der Waals surface area (Å²) in [5, 5.41) is 6.14. The second-order valence-electron chi connectivity index (χ2n) is 4.64. The number of aryl methyl sites for hydroxylation is 2. The molecule has 0 unspecified atom stereocenters. The lowest BCUT2D eigenvalue weighted by Gasteiger charge is -2.12. The van der Waals surface area contributed by atoms with Crippen LogP contribution >= 0.6 is 15.9 Å². The standard InChI is InChI=1S/C13H17BrN2O/c1-8-5-9(2)13(11(14)6-8)16-12(17)7-15-10-3-4-10/h5-6,10,15H,3-4,7H2,1-2H3,(H,16,17). The molecule has 1 aliphatic rings. The van der Waals surface area contributed by atoms with Gasteiger partial charge in [-0.1, -0.05) is 6.07 Å². The first-order valence-corrected chi connectivity index (χ1v) is 6.65. The minimum atomic E-state index is 0.0181. The Morgan fingerprint density at radius 2 is 2.12 bits per heavy atom. The van der Waals surface area contributed by atoms with Gasteiger partial charge in [0.15, 0.2) is 0 Å². The van der Waals surface area contributed by atoms with Gasteiger partial charge in [-0.05, 0) is 59.8 Å². The molecule has 0 saturated heterocycles. The maximum atomic E-state index is 11.7. The lowest BCUT2D eigenvalue weighted by molar-refractivity contribution is -0.115. The quantitative estimate of drug-likeness (QED) is 0.897. The molecule has 1 aliphatic carbocycles. The molecule has 1 fully saturated rings. The highest BCUT2D eigenvalue weighted by Gasteiger charge is 2.21. The van der Waals surface area contributed by atoms with Crippen molar-refractivity contribution in [1.29, 1.82) is 0 Å². The van der Waals surface area contributed by atoms with Crippen LogP contribution in [-0.4, -0.2) is 18.5 Å². The van der Waals surface area contributed by atoms with Crippen molar-refractivity contribution < 1.29 is 4.79 Å². The summed E-state index contributed by atoms with van der Waals surface area (Å²) in [6, 6.07) is 4.63. The Balaban J connectivity index is 1.99. The summed E-state index contributed by atoms with van der Waals surface area (Å²) in [7, 11) is 0. The first-order valence-electron chi connectivity index (χ1n) is 5.86. The molecule has 1 amide bonds. The second kappa shape index (κ2) is 5.19. The average molecular weight is 297 g/mol. The fraction of sp³-hybridized carbons (Fsp3) is 0.462. The zero-order valence-corrected chi connectivity index (χ0v) is 11.7. The van der Waals surface area contributed by atoms with Gasteiger partial charge in [-0.2, -0.15) is 0 Å². The minimum Gasteiger partial charge on any atom is -0.324 e. The average Bonchev–Trinajstić information content (AvgIpc) is 3.04. The van der Waals surface area contributed by atoms with Gasteiger partial charge in [0.2, 0.25) is 5.91 Å². The molecule has 0 aliphatic heterocycles. The molecule has 0 heterocycles. The zero-order chi connectivity index (χ0) is 12.4. The number of halogens is 1. The maximum absolute atomic E-state index is 11.7. The van der Waals surface area contributed by atoms with Gasteiger partial charge in [0.25, 0.3) is 0 Å². The minimum absolute atomic E-state index is 0.0181. The normalized spacial score (nSPS) is 14.8. The van der Waals surface area contributed by atoms with E-state index < -0.39 is 0 Å². The number of anilines is 1. The Morgan fingerprint density at radius 1 is 1.41 bits per heavy atom. The molecule has 2 rings (SSSR count). The molecule has 2 N–H and O–H groups in total.